The van der Waals surface area contributed by atoms with Gasteiger partial charge in [-0.05, 0) is 23.8 Å². The van der Waals surface area contributed by atoms with E-state index in [0.29, 0.717) is 12.1 Å². The van der Waals surface area contributed by atoms with Gasteiger partial charge in [-0.2, -0.15) is 0 Å². The van der Waals surface area contributed by atoms with Crippen LogP contribution in [-0.4, -0.2) is 17.5 Å². The number of carbonyl (C=O) groups is 1. The molecule has 0 aliphatic carbocycles. The highest BCUT2D eigenvalue weighted by molar-refractivity contribution is 9.10. The van der Waals surface area contributed by atoms with E-state index in [1.54, 1.807) is 17.0 Å². The minimum absolute atomic E-state index is 0.0749. The largest absolute Gasteiger partial charge is 0.439 e. The molecule has 107 valence electrons. The van der Waals surface area contributed by atoms with Crippen molar-refractivity contribution in [3.63, 3.8) is 0 Å². The van der Waals surface area contributed by atoms with Crippen molar-refractivity contribution in [1.29, 1.82) is 0 Å². The third kappa shape index (κ3) is 3.03. The Hall–Kier alpha value is -2.01. The molecular formula is C16H13BrNO3. The fourth-order valence-electron chi connectivity index (χ4n) is 2.36. The van der Waals surface area contributed by atoms with Crippen LogP contribution in [0, 0.1) is 0 Å². The van der Waals surface area contributed by atoms with Gasteiger partial charge in [-0.1, -0.05) is 46.3 Å². The Kier molecular flexibility index (Phi) is 3.84. The first-order valence-electron chi connectivity index (χ1n) is 6.59. The molecule has 3 rings (SSSR count). The van der Waals surface area contributed by atoms with Crippen LogP contribution in [0.2, 0.25) is 0 Å². The summed E-state index contributed by atoms with van der Waals surface area (Å²) in [4.78, 5) is 13.5. The first-order valence-corrected chi connectivity index (χ1v) is 7.39. The van der Waals surface area contributed by atoms with Crippen molar-refractivity contribution < 1.29 is 14.6 Å². The summed E-state index contributed by atoms with van der Waals surface area (Å²) in [5.74, 6) is -0.0749. The number of nitrogens with zero attached hydrogens (tertiary/aromatic N) is 1. The maximum Gasteiger partial charge on any atom is 0.410 e. The van der Waals surface area contributed by atoms with Crippen molar-refractivity contribution in [2.75, 3.05) is 6.54 Å². The van der Waals surface area contributed by atoms with Gasteiger partial charge in [0.1, 0.15) is 6.10 Å². The minimum Gasteiger partial charge on any atom is -0.439 e. The second-order valence-corrected chi connectivity index (χ2v) is 5.83. The molecule has 0 unspecified atom stereocenters. The molecule has 1 aliphatic rings. The van der Waals surface area contributed by atoms with Gasteiger partial charge < -0.3 is 4.74 Å². The molecule has 0 N–H and O–H groups in total. The third-order valence-electron chi connectivity index (χ3n) is 3.44. The van der Waals surface area contributed by atoms with Crippen molar-refractivity contribution in [3.8, 4) is 5.75 Å². The summed E-state index contributed by atoms with van der Waals surface area (Å²) in [6.45, 7) is 0.718. The summed E-state index contributed by atoms with van der Waals surface area (Å²) in [5.41, 5.74) is 1.54. The Morgan fingerprint density at radius 3 is 2.71 bits per heavy atom. The molecule has 1 heterocycles. The monoisotopic (exact) mass is 346 g/mol. The van der Waals surface area contributed by atoms with E-state index in [9.17, 15) is 9.90 Å². The van der Waals surface area contributed by atoms with E-state index in [2.05, 4.69) is 15.9 Å². The Balaban J connectivity index is 1.75. The number of hydrogen-bond donors (Lipinski definition) is 0. The maximum atomic E-state index is 11.9. The second kappa shape index (κ2) is 5.77. The van der Waals surface area contributed by atoms with Gasteiger partial charge in [0.05, 0.1) is 13.1 Å². The van der Waals surface area contributed by atoms with Gasteiger partial charge in [-0.3, -0.25) is 10.0 Å². The van der Waals surface area contributed by atoms with Gasteiger partial charge in [-0.25, -0.2) is 4.79 Å². The molecule has 1 radical (unpaired) electrons. The van der Waals surface area contributed by atoms with Crippen LogP contribution in [0.5, 0.6) is 5.75 Å². The molecule has 1 amide bonds. The average molecular weight is 347 g/mol. The number of amides is 1. The average Bonchev–Trinajstić information content (AvgIpc) is 2.85. The molecular weight excluding hydrogens is 334 g/mol. The molecule has 5 heteroatoms. The third-order valence-corrected chi connectivity index (χ3v) is 3.94. The van der Waals surface area contributed by atoms with Crippen LogP contribution in [-0.2, 0) is 16.4 Å². The molecule has 4 nitrogen and oxygen atoms in total. The molecule has 0 spiro atoms. The molecule has 1 fully saturated rings. The van der Waals surface area contributed by atoms with Crippen LogP contribution in [0.1, 0.15) is 17.2 Å². The summed E-state index contributed by atoms with van der Waals surface area (Å²) in [7, 11) is 0. The lowest BCUT2D eigenvalue weighted by atomic mass is 10.1. The molecule has 1 saturated heterocycles. The summed E-state index contributed by atoms with van der Waals surface area (Å²) in [5, 5.41) is 11.8. The number of cyclic esters (lactones) is 1. The Morgan fingerprint density at radius 1 is 1.19 bits per heavy atom. The number of carbonyl (C=O) groups excluding carboxylic acids is 1. The number of benzene rings is 2. The van der Waals surface area contributed by atoms with E-state index in [0.717, 1.165) is 10.0 Å². The van der Waals surface area contributed by atoms with E-state index in [-0.39, 0.29) is 24.5 Å². The first-order chi connectivity index (χ1) is 10.1. The molecule has 0 saturated carbocycles. The summed E-state index contributed by atoms with van der Waals surface area (Å²) >= 11 is 3.34. The lowest BCUT2D eigenvalue weighted by Gasteiger charge is -2.13. The van der Waals surface area contributed by atoms with Gasteiger partial charge in [0.15, 0.2) is 5.75 Å². The predicted octanol–water partition coefficient (Wildman–Crippen LogP) is 4.29. The molecule has 2 aromatic carbocycles. The van der Waals surface area contributed by atoms with Crippen molar-refractivity contribution in [3.05, 3.63) is 64.1 Å². The fraction of sp³-hybridized carbons (Fsp3) is 0.188. The Morgan fingerprint density at radius 2 is 1.95 bits per heavy atom. The van der Waals surface area contributed by atoms with Crippen LogP contribution in [0.4, 0.5) is 4.79 Å². The lowest BCUT2D eigenvalue weighted by Crippen LogP contribution is -2.23. The van der Waals surface area contributed by atoms with Gasteiger partial charge in [0.2, 0.25) is 0 Å². The molecule has 1 aliphatic heterocycles. The van der Waals surface area contributed by atoms with Crippen molar-refractivity contribution in [2.24, 2.45) is 0 Å². The normalized spacial score (nSPS) is 17.9. The summed E-state index contributed by atoms with van der Waals surface area (Å²) in [6, 6.07) is 14.5. The smallest absolute Gasteiger partial charge is 0.410 e. The van der Waals surface area contributed by atoms with E-state index in [4.69, 9.17) is 4.74 Å². The zero-order valence-corrected chi connectivity index (χ0v) is 12.7. The maximum absolute atomic E-state index is 11.9. The van der Waals surface area contributed by atoms with Crippen LogP contribution in [0.3, 0.4) is 0 Å². The molecule has 1 atom stereocenters. The van der Waals surface area contributed by atoms with Crippen LogP contribution >= 0.6 is 15.9 Å². The van der Waals surface area contributed by atoms with Gasteiger partial charge >= 0.3 is 6.09 Å². The standard InChI is InChI=1S/C16H13BrNO3/c17-13-6-7-14(19)12(8-13)9-18-10-15(21-16(18)20)11-4-2-1-3-5-11/h1-8,15H,9-10H2/t15-/m1/s1. The predicted molar refractivity (Wildman–Crippen MR) is 80.3 cm³/mol. The van der Waals surface area contributed by atoms with Gasteiger partial charge in [-0.15, -0.1) is 0 Å². The molecule has 21 heavy (non-hydrogen) atoms. The van der Waals surface area contributed by atoms with Gasteiger partial charge in [0, 0.05) is 10.0 Å². The highest BCUT2D eigenvalue weighted by Crippen LogP contribution is 2.30. The summed E-state index contributed by atoms with van der Waals surface area (Å²) < 4.78 is 6.20. The topological polar surface area (TPSA) is 49.4 Å². The zero-order valence-electron chi connectivity index (χ0n) is 11.2. The number of rotatable bonds is 3. The fourth-order valence-corrected chi connectivity index (χ4v) is 2.76. The number of ether oxygens (including phenoxy) is 1. The Labute approximate surface area is 131 Å². The van der Waals surface area contributed by atoms with Crippen molar-refractivity contribution in [2.45, 2.75) is 12.6 Å². The quantitative estimate of drug-likeness (QED) is 0.832. The van der Waals surface area contributed by atoms with Crippen LogP contribution in [0.15, 0.2) is 53.0 Å². The van der Waals surface area contributed by atoms with E-state index < -0.39 is 0 Å². The zero-order chi connectivity index (χ0) is 14.8. The highest BCUT2D eigenvalue weighted by Gasteiger charge is 2.32. The lowest BCUT2D eigenvalue weighted by molar-refractivity contribution is 0.132. The van der Waals surface area contributed by atoms with Crippen molar-refractivity contribution in [1.82, 2.24) is 4.90 Å². The first kappa shape index (κ1) is 13.9. The number of hydrogen-bond acceptors (Lipinski definition) is 2. The van der Waals surface area contributed by atoms with Crippen LogP contribution in [0.25, 0.3) is 0 Å². The SMILES string of the molecule is [O]c1ccc(Br)cc1CN1C[C@H](c2ccccc2)OC1=O. The second-order valence-electron chi connectivity index (χ2n) is 4.92. The molecule has 0 aromatic heterocycles. The molecule has 0 bridgehead atoms. The minimum atomic E-state index is -0.386. The molecule has 2 aromatic rings. The summed E-state index contributed by atoms with van der Waals surface area (Å²) in [6.07, 6.45) is -0.663. The van der Waals surface area contributed by atoms with E-state index in [1.165, 1.54) is 6.07 Å². The van der Waals surface area contributed by atoms with E-state index in [1.807, 2.05) is 30.3 Å². The van der Waals surface area contributed by atoms with Gasteiger partial charge in [0.25, 0.3) is 0 Å². The Bertz CT molecular complexity index is 660. The highest BCUT2D eigenvalue weighted by atomic mass is 79.9. The number of halogens is 1. The van der Waals surface area contributed by atoms with E-state index >= 15 is 0 Å². The van der Waals surface area contributed by atoms with Crippen LogP contribution < -0.4 is 0 Å². The van der Waals surface area contributed by atoms with Crippen molar-refractivity contribution >= 4 is 22.0 Å².